The smallest absolute Gasteiger partial charge is 0.0431 e. The van der Waals surface area contributed by atoms with Crippen LogP contribution in [0.4, 0.5) is 0 Å². The lowest BCUT2D eigenvalue weighted by molar-refractivity contribution is 0.282. The molecule has 0 rings (SSSR count). The van der Waals surface area contributed by atoms with Gasteiger partial charge in [-0.3, -0.25) is 0 Å². The fourth-order valence-corrected chi connectivity index (χ4v) is 1.77. The van der Waals surface area contributed by atoms with Crippen molar-refractivity contribution in [1.82, 2.24) is 0 Å². The van der Waals surface area contributed by atoms with Crippen LogP contribution in [0.3, 0.4) is 0 Å². The van der Waals surface area contributed by atoms with E-state index < -0.39 is 0 Å². The number of aliphatic hydroxyl groups excluding tert-OH is 1. The predicted molar refractivity (Wildman–Crippen MR) is 77.2 cm³/mol. The number of allylic oxidation sites excluding steroid dienone is 4. The Morgan fingerprint density at radius 1 is 0.706 bits per heavy atom. The quantitative estimate of drug-likeness (QED) is 0.374. The van der Waals surface area contributed by atoms with Gasteiger partial charge in [0.2, 0.25) is 0 Å². The molecule has 0 saturated carbocycles. The highest BCUT2D eigenvalue weighted by molar-refractivity contribution is 5.02. The molecule has 0 aromatic rings. The third-order valence-electron chi connectivity index (χ3n) is 2.89. The second-order valence-corrected chi connectivity index (χ2v) is 4.63. The molecular weight excluding hydrogens is 208 g/mol. The van der Waals surface area contributed by atoms with E-state index in [4.69, 9.17) is 5.11 Å². The highest BCUT2D eigenvalue weighted by Crippen LogP contribution is 2.05. The number of hydrogen-bond donors (Lipinski definition) is 1. The molecule has 1 heteroatoms. The maximum absolute atomic E-state index is 8.62. The molecule has 0 aromatic heterocycles. The molecule has 100 valence electrons. The number of hydrogen-bond acceptors (Lipinski definition) is 1. The van der Waals surface area contributed by atoms with Crippen molar-refractivity contribution in [3.8, 4) is 0 Å². The van der Waals surface area contributed by atoms with Gasteiger partial charge in [-0.25, -0.2) is 0 Å². The van der Waals surface area contributed by atoms with Gasteiger partial charge >= 0.3 is 0 Å². The summed E-state index contributed by atoms with van der Waals surface area (Å²) in [7, 11) is 0. The molecular formula is C16H30O. The monoisotopic (exact) mass is 238 g/mol. The van der Waals surface area contributed by atoms with Gasteiger partial charge in [-0.15, -0.1) is 0 Å². The zero-order chi connectivity index (χ0) is 12.6. The molecule has 1 nitrogen and oxygen atoms in total. The minimum Gasteiger partial charge on any atom is -0.396 e. The van der Waals surface area contributed by atoms with Crippen molar-refractivity contribution in [2.75, 3.05) is 6.61 Å². The van der Waals surface area contributed by atoms with Gasteiger partial charge in [0.1, 0.15) is 0 Å². The number of aliphatic hydroxyl groups is 1. The fraction of sp³-hybridized carbons (Fsp3) is 0.750. The first kappa shape index (κ1) is 16.4. The molecule has 0 spiro atoms. The molecule has 0 saturated heterocycles. The van der Waals surface area contributed by atoms with Crippen LogP contribution in [0.25, 0.3) is 0 Å². The summed E-state index contributed by atoms with van der Waals surface area (Å²) < 4.78 is 0. The van der Waals surface area contributed by atoms with Crippen molar-refractivity contribution in [2.24, 2.45) is 0 Å². The summed E-state index contributed by atoms with van der Waals surface area (Å²) in [5.74, 6) is 0. The first-order chi connectivity index (χ1) is 8.41. The largest absolute Gasteiger partial charge is 0.396 e. The van der Waals surface area contributed by atoms with Gasteiger partial charge in [-0.1, -0.05) is 63.3 Å². The molecule has 0 heterocycles. The molecule has 1 N–H and O–H groups in total. The van der Waals surface area contributed by atoms with E-state index in [1.165, 1.54) is 57.8 Å². The lowest BCUT2D eigenvalue weighted by Crippen LogP contribution is -1.82. The highest BCUT2D eigenvalue weighted by atomic mass is 16.2. The zero-order valence-electron chi connectivity index (χ0n) is 11.5. The first-order valence-corrected chi connectivity index (χ1v) is 7.34. The van der Waals surface area contributed by atoms with E-state index in [-0.39, 0.29) is 0 Å². The molecule has 0 radical (unpaired) electrons. The Morgan fingerprint density at radius 3 is 1.82 bits per heavy atom. The van der Waals surface area contributed by atoms with Crippen LogP contribution in [0.15, 0.2) is 24.3 Å². The lowest BCUT2D eigenvalue weighted by Gasteiger charge is -1.96. The predicted octanol–water partition coefficient (Wildman–Crippen LogP) is 5.01. The summed E-state index contributed by atoms with van der Waals surface area (Å²) in [6.07, 6.45) is 21.3. The second kappa shape index (κ2) is 15.4. The van der Waals surface area contributed by atoms with Crippen LogP contribution in [0.1, 0.15) is 71.1 Å². The normalized spacial score (nSPS) is 11.9. The fourth-order valence-electron chi connectivity index (χ4n) is 1.77. The van der Waals surface area contributed by atoms with Gasteiger partial charge in [-0.05, 0) is 32.1 Å². The molecule has 0 atom stereocenters. The lowest BCUT2D eigenvalue weighted by atomic mass is 10.1. The van der Waals surface area contributed by atoms with Crippen molar-refractivity contribution >= 4 is 0 Å². The molecule has 0 aliphatic heterocycles. The summed E-state index contributed by atoms with van der Waals surface area (Å²) in [4.78, 5) is 0. The maximum atomic E-state index is 8.62. The van der Waals surface area contributed by atoms with Crippen LogP contribution in [0.2, 0.25) is 0 Å². The van der Waals surface area contributed by atoms with E-state index in [1.54, 1.807) is 0 Å². The van der Waals surface area contributed by atoms with E-state index in [9.17, 15) is 0 Å². The third-order valence-corrected chi connectivity index (χ3v) is 2.89. The molecule has 0 bridgehead atoms. The Balaban J connectivity index is 3.13. The minimum absolute atomic E-state index is 0.350. The van der Waals surface area contributed by atoms with Crippen molar-refractivity contribution in [3.63, 3.8) is 0 Å². The summed E-state index contributed by atoms with van der Waals surface area (Å²) in [5.41, 5.74) is 0. The van der Waals surface area contributed by atoms with Gasteiger partial charge in [0.15, 0.2) is 0 Å². The van der Waals surface area contributed by atoms with Crippen LogP contribution in [0.5, 0.6) is 0 Å². The zero-order valence-corrected chi connectivity index (χ0v) is 11.5. The summed E-state index contributed by atoms with van der Waals surface area (Å²) in [6, 6.07) is 0. The standard InChI is InChI=1S/C16H30O/c1-2-3-4-5-6-7-8-9-10-11-12-13-14-15-16-17/h6-9,17H,2-5,10-16H2,1H3/b7-6-,9-8-. The molecule has 0 aromatic carbocycles. The van der Waals surface area contributed by atoms with Crippen LogP contribution >= 0.6 is 0 Å². The van der Waals surface area contributed by atoms with Gasteiger partial charge < -0.3 is 5.11 Å². The molecule has 0 aliphatic carbocycles. The molecule has 0 amide bonds. The Hall–Kier alpha value is -0.560. The van der Waals surface area contributed by atoms with E-state index in [2.05, 4.69) is 31.2 Å². The van der Waals surface area contributed by atoms with Crippen molar-refractivity contribution in [1.29, 1.82) is 0 Å². The highest BCUT2D eigenvalue weighted by Gasteiger charge is 1.87. The average Bonchev–Trinajstić information content (AvgIpc) is 2.35. The molecule has 0 aliphatic rings. The first-order valence-electron chi connectivity index (χ1n) is 7.34. The number of unbranched alkanes of at least 4 members (excludes halogenated alkanes) is 8. The van der Waals surface area contributed by atoms with Crippen molar-refractivity contribution in [2.45, 2.75) is 71.1 Å². The van der Waals surface area contributed by atoms with Gasteiger partial charge in [0, 0.05) is 6.61 Å². The average molecular weight is 238 g/mol. The van der Waals surface area contributed by atoms with Gasteiger partial charge in [0.25, 0.3) is 0 Å². The Morgan fingerprint density at radius 2 is 1.24 bits per heavy atom. The topological polar surface area (TPSA) is 20.2 Å². The molecule has 17 heavy (non-hydrogen) atoms. The summed E-state index contributed by atoms with van der Waals surface area (Å²) >= 11 is 0. The Bertz CT molecular complexity index is 182. The van der Waals surface area contributed by atoms with Crippen LogP contribution in [0, 0.1) is 0 Å². The van der Waals surface area contributed by atoms with Crippen LogP contribution in [-0.4, -0.2) is 11.7 Å². The molecule has 0 unspecified atom stereocenters. The van der Waals surface area contributed by atoms with Crippen molar-refractivity contribution in [3.05, 3.63) is 24.3 Å². The van der Waals surface area contributed by atoms with E-state index in [0.29, 0.717) is 6.61 Å². The van der Waals surface area contributed by atoms with Crippen molar-refractivity contribution < 1.29 is 5.11 Å². The second-order valence-electron chi connectivity index (χ2n) is 4.63. The van der Waals surface area contributed by atoms with Gasteiger partial charge in [0.05, 0.1) is 0 Å². The summed E-state index contributed by atoms with van der Waals surface area (Å²) in [6.45, 7) is 2.59. The van der Waals surface area contributed by atoms with Crippen LogP contribution < -0.4 is 0 Å². The van der Waals surface area contributed by atoms with Crippen LogP contribution in [-0.2, 0) is 0 Å². The SMILES string of the molecule is CCCCC/C=C\C=C/CCCCCCCO. The van der Waals surface area contributed by atoms with E-state index in [1.807, 2.05) is 0 Å². The Kier molecular flexibility index (Phi) is 14.9. The van der Waals surface area contributed by atoms with Gasteiger partial charge in [-0.2, -0.15) is 0 Å². The van der Waals surface area contributed by atoms with E-state index in [0.717, 1.165) is 6.42 Å². The number of rotatable bonds is 12. The minimum atomic E-state index is 0.350. The maximum Gasteiger partial charge on any atom is 0.0431 e. The summed E-state index contributed by atoms with van der Waals surface area (Å²) in [5, 5.41) is 8.62. The Labute approximate surface area is 108 Å². The third kappa shape index (κ3) is 15.4. The van der Waals surface area contributed by atoms with E-state index >= 15 is 0 Å². The molecule has 0 fully saturated rings.